The molecule has 0 aromatic heterocycles. The maximum absolute atomic E-state index is 13.4. The van der Waals surface area contributed by atoms with Crippen molar-refractivity contribution in [1.82, 2.24) is 4.90 Å². The number of fused-ring (bicyclic) bond motifs is 2. The van der Waals surface area contributed by atoms with Crippen molar-refractivity contribution >= 4 is 23.4 Å². The van der Waals surface area contributed by atoms with Crippen LogP contribution in [0.2, 0.25) is 0 Å². The molecule has 1 N–H and O–H groups in total. The average Bonchev–Trinajstić information content (AvgIpc) is 3.59. The Labute approximate surface area is 214 Å². The number of aromatic hydroxyl groups is 1. The Bertz CT molecular complexity index is 1440. The molecule has 0 atom stereocenters. The van der Waals surface area contributed by atoms with Crippen molar-refractivity contribution in [3.05, 3.63) is 82.4 Å². The molecule has 1 aliphatic carbocycles. The molecule has 0 unspecified atom stereocenters. The number of benzene rings is 3. The summed E-state index contributed by atoms with van der Waals surface area (Å²) in [6.07, 6.45) is 4.48. The first-order chi connectivity index (χ1) is 17.9. The Morgan fingerprint density at radius 1 is 0.838 bits per heavy atom. The Balaban J connectivity index is 1.23. The number of anilines is 1. The highest BCUT2D eigenvalue weighted by Gasteiger charge is 2.36. The molecule has 0 saturated heterocycles. The number of phenolic OH excluding ortho intramolecular Hbond substituents is 1. The number of amides is 3. The molecule has 3 aromatic carbocycles. The zero-order chi connectivity index (χ0) is 25.7. The van der Waals surface area contributed by atoms with Gasteiger partial charge in [0, 0.05) is 17.3 Å². The highest BCUT2D eigenvalue weighted by atomic mass is 16.5. The van der Waals surface area contributed by atoms with Crippen LogP contribution >= 0.6 is 0 Å². The lowest BCUT2D eigenvalue weighted by Gasteiger charge is -2.20. The summed E-state index contributed by atoms with van der Waals surface area (Å²) in [7, 11) is 1.60. The van der Waals surface area contributed by atoms with Gasteiger partial charge in [-0.3, -0.25) is 19.3 Å². The summed E-state index contributed by atoms with van der Waals surface area (Å²) < 4.78 is 11.7. The second-order valence-corrected chi connectivity index (χ2v) is 9.67. The van der Waals surface area contributed by atoms with E-state index in [1.165, 1.54) is 18.2 Å². The second kappa shape index (κ2) is 8.96. The predicted molar refractivity (Wildman–Crippen MR) is 135 cm³/mol. The summed E-state index contributed by atoms with van der Waals surface area (Å²) in [5.74, 6) is 0.171. The monoisotopic (exact) mass is 498 g/mol. The van der Waals surface area contributed by atoms with Crippen molar-refractivity contribution in [2.24, 2.45) is 0 Å². The standard InChI is InChI=1S/C29H26N2O6/c1-36-25-11-8-19(13-26(25)37-21-4-2-3-5-21)30-16-18-7-6-17(12-23(18)28(30)34)15-31-27(33)22-10-9-20(32)14-24(22)29(31)35/h6-14,21,32H,2-5,15-16H2,1H3. The summed E-state index contributed by atoms with van der Waals surface area (Å²) in [5.41, 5.74) is 3.25. The van der Waals surface area contributed by atoms with E-state index in [-0.39, 0.29) is 35.4 Å². The van der Waals surface area contributed by atoms with Crippen LogP contribution in [0.3, 0.4) is 0 Å². The Morgan fingerprint density at radius 2 is 1.62 bits per heavy atom. The van der Waals surface area contributed by atoms with Gasteiger partial charge < -0.3 is 19.5 Å². The summed E-state index contributed by atoms with van der Waals surface area (Å²) in [5, 5.41) is 9.71. The minimum atomic E-state index is -0.461. The molecule has 3 aromatic rings. The van der Waals surface area contributed by atoms with Crippen LogP contribution < -0.4 is 14.4 Å². The molecule has 0 bridgehead atoms. The van der Waals surface area contributed by atoms with Gasteiger partial charge in [-0.05, 0) is 73.2 Å². The molecule has 0 spiro atoms. The van der Waals surface area contributed by atoms with Crippen molar-refractivity contribution in [2.45, 2.75) is 44.9 Å². The van der Waals surface area contributed by atoms with Gasteiger partial charge in [0.1, 0.15) is 5.75 Å². The number of imide groups is 1. The van der Waals surface area contributed by atoms with Gasteiger partial charge in [-0.15, -0.1) is 0 Å². The SMILES string of the molecule is COc1ccc(N2Cc3ccc(CN4C(=O)c5ccc(O)cc5C4=O)cc3C2=O)cc1OC1CCCC1. The van der Waals surface area contributed by atoms with Crippen LogP contribution in [0, 0.1) is 0 Å². The Kier molecular flexibility index (Phi) is 5.59. The van der Waals surface area contributed by atoms with Crippen LogP contribution in [0.5, 0.6) is 17.2 Å². The number of nitrogens with zero attached hydrogens (tertiary/aromatic N) is 2. The number of carbonyl (C=O) groups is 3. The molecule has 1 fully saturated rings. The van der Waals surface area contributed by atoms with Gasteiger partial charge in [0.25, 0.3) is 17.7 Å². The zero-order valence-corrected chi connectivity index (χ0v) is 20.4. The zero-order valence-electron chi connectivity index (χ0n) is 20.4. The average molecular weight is 499 g/mol. The number of methoxy groups -OCH3 is 1. The quantitative estimate of drug-likeness (QED) is 0.496. The third-order valence-electron chi connectivity index (χ3n) is 7.33. The van der Waals surface area contributed by atoms with Gasteiger partial charge in [-0.1, -0.05) is 12.1 Å². The third-order valence-corrected chi connectivity index (χ3v) is 7.33. The fraction of sp³-hybridized carbons (Fsp3) is 0.276. The number of phenols is 1. The molecule has 37 heavy (non-hydrogen) atoms. The minimum Gasteiger partial charge on any atom is -0.508 e. The maximum Gasteiger partial charge on any atom is 0.262 e. The largest absolute Gasteiger partial charge is 0.508 e. The first kappa shape index (κ1) is 23.1. The Morgan fingerprint density at radius 3 is 2.41 bits per heavy atom. The van der Waals surface area contributed by atoms with Crippen molar-refractivity contribution in [1.29, 1.82) is 0 Å². The number of carbonyl (C=O) groups excluding carboxylic acids is 3. The first-order valence-electron chi connectivity index (χ1n) is 12.4. The fourth-order valence-corrected chi connectivity index (χ4v) is 5.37. The molecule has 2 aliphatic heterocycles. The number of rotatable bonds is 6. The first-order valence-corrected chi connectivity index (χ1v) is 12.4. The predicted octanol–water partition coefficient (Wildman–Crippen LogP) is 4.68. The lowest BCUT2D eigenvalue weighted by atomic mass is 10.1. The molecule has 6 rings (SSSR count). The van der Waals surface area contributed by atoms with Crippen LogP contribution in [0.1, 0.15) is 67.9 Å². The highest BCUT2D eigenvalue weighted by Crippen LogP contribution is 2.38. The molecule has 188 valence electrons. The van der Waals surface area contributed by atoms with E-state index < -0.39 is 11.8 Å². The van der Waals surface area contributed by atoms with Crippen molar-refractivity contribution in [3.63, 3.8) is 0 Å². The van der Waals surface area contributed by atoms with Crippen LogP contribution in [-0.2, 0) is 13.1 Å². The summed E-state index contributed by atoms with van der Waals surface area (Å²) in [6.45, 7) is 0.450. The van der Waals surface area contributed by atoms with Crippen molar-refractivity contribution < 1.29 is 29.0 Å². The molecular weight excluding hydrogens is 472 g/mol. The number of hydrogen-bond donors (Lipinski definition) is 1. The summed E-state index contributed by atoms with van der Waals surface area (Å²) >= 11 is 0. The van der Waals surface area contributed by atoms with E-state index in [0.717, 1.165) is 41.8 Å². The summed E-state index contributed by atoms with van der Waals surface area (Å²) in [4.78, 5) is 41.8. The molecule has 0 radical (unpaired) electrons. The van der Waals surface area contributed by atoms with Crippen LogP contribution in [0.4, 0.5) is 5.69 Å². The Hall–Kier alpha value is -4.33. The van der Waals surface area contributed by atoms with E-state index in [9.17, 15) is 19.5 Å². The second-order valence-electron chi connectivity index (χ2n) is 9.67. The van der Waals surface area contributed by atoms with E-state index >= 15 is 0 Å². The molecular formula is C29H26N2O6. The maximum atomic E-state index is 13.4. The lowest BCUT2D eigenvalue weighted by Crippen LogP contribution is -2.29. The normalized spacial score (nSPS) is 16.9. The summed E-state index contributed by atoms with van der Waals surface area (Å²) in [6, 6.07) is 15.1. The fourth-order valence-electron chi connectivity index (χ4n) is 5.37. The topological polar surface area (TPSA) is 96.4 Å². The van der Waals surface area contributed by atoms with E-state index in [1.54, 1.807) is 18.1 Å². The number of hydrogen-bond acceptors (Lipinski definition) is 6. The van der Waals surface area contributed by atoms with Crippen LogP contribution in [0.15, 0.2) is 54.6 Å². The minimum absolute atomic E-state index is 0.0373. The van der Waals surface area contributed by atoms with Gasteiger partial charge in [0.05, 0.1) is 37.4 Å². The van der Waals surface area contributed by atoms with Gasteiger partial charge in [0.15, 0.2) is 11.5 Å². The van der Waals surface area contributed by atoms with Crippen LogP contribution in [-0.4, -0.2) is 40.9 Å². The van der Waals surface area contributed by atoms with Gasteiger partial charge in [-0.25, -0.2) is 0 Å². The van der Waals surface area contributed by atoms with E-state index in [4.69, 9.17) is 9.47 Å². The van der Waals surface area contributed by atoms with Gasteiger partial charge in [-0.2, -0.15) is 0 Å². The highest BCUT2D eigenvalue weighted by molar-refractivity contribution is 6.21. The van der Waals surface area contributed by atoms with E-state index in [0.29, 0.717) is 29.2 Å². The van der Waals surface area contributed by atoms with Crippen molar-refractivity contribution in [2.75, 3.05) is 12.0 Å². The van der Waals surface area contributed by atoms with Crippen LogP contribution in [0.25, 0.3) is 0 Å². The lowest BCUT2D eigenvalue weighted by molar-refractivity contribution is 0.0642. The van der Waals surface area contributed by atoms with Gasteiger partial charge in [0.2, 0.25) is 0 Å². The molecule has 2 heterocycles. The third kappa shape index (κ3) is 3.98. The number of ether oxygens (including phenoxy) is 2. The molecule has 8 nitrogen and oxygen atoms in total. The van der Waals surface area contributed by atoms with E-state index in [2.05, 4.69) is 0 Å². The molecule has 1 saturated carbocycles. The smallest absolute Gasteiger partial charge is 0.262 e. The molecule has 3 amide bonds. The van der Waals surface area contributed by atoms with Crippen molar-refractivity contribution in [3.8, 4) is 17.2 Å². The molecule has 8 heteroatoms. The van der Waals surface area contributed by atoms with Gasteiger partial charge >= 0.3 is 0 Å². The molecule has 3 aliphatic rings. The van der Waals surface area contributed by atoms with E-state index in [1.807, 2.05) is 30.3 Å².